The third-order valence-corrected chi connectivity index (χ3v) is 5.35. The van der Waals surface area contributed by atoms with Crippen molar-refractivity contribution in [3.63, 3.8) is 0 Å². The van der Waals surface area contributed by atoms with Crippen LogP contribution in [0.3, 0.4) is 0 Å². The van der Waals surface area contributed by atoms with Gasteiger partial charge in [0.15, 0.2) is 0 Å². The van der Waals surface area contributed by atoms with E-state index in [1.165, 1.54) is 11.1 Å². The van der Waals surface area contributed by atoms with Gasteiger partial charge in [0.25, 0.3) is 0 Å². The van der Waals surface area contributed by atoms with Crippen molar-refractivity contribution in [1.82, 2.24) is 5.32 Å². The van der Waals surface area contributed by atoms with E-state index in [-0.39, 0.29) is 0 Å². The predicted molar refractivity (Wildman–Crippen MR) is 135 cm³/mol. The van der Waals surface area contributed by atoms with Crippen LogP contribution in [0, 0.1) is 0 Å². The number of rotatable bonds is 13. The molecule has 0 saturated carbocycles. The Morgan fingerprint density at radius 3 is 2.30 bits per heavy atom. The van der Waals surface area contributed by atoms with Crippen LogP contribution < -0.4 is 20.9 Å². The van der Waals surface area contributed by atoms with Crippen molar-refractivity contribution in [2.75, 3.05) is 60.5 Å². The molecule has 0 fully saturated rings. The first-order valence-electron chi connectivity index (χ1n) is 10.5. The molecule has 30 heavy (non-hydrogen) atoms. The number of nitrogens with zero attached hydrogens (tertiary/aromatic N) is 2. The summed E-state index contributed by atoms with van der Waals surface area (Å²) < 4.78 is 0. The molecule has 0 heterocycles. The van der Waals surface area contributed by atoms with Crippen molar-refractivity contribution < 1.29 is 0 Å². The largest absolute Gasteiger partial charge is 0.397 e. The lowest BCUT2D eigenvalue weighted by atomic mass is 10.1. The van der Waals surface area contributed by atoms with Crippen molar-refractivity contribution in [3.05, 3.63) is 59.7 Å². The highest BCUT2D eigenvalue weighted by Crippen LogP contribution is 2.28. The number of allylic oxidation sites excluding steroid dienone is 1. The van der Waals surface area contributed by atoms with Crippen LogP contribution in [0.2, 0.25) is 0 Å². The summed E-state index contributed by atoms with van der Waals surface area (Å²) in [6, 6.07) is 14.8. The first kappa shape index (κ1) is 24.4. The molecule has 2 aromatic rings. The maximum Gasteiger partial charge on any atom is 0.0598 e. The molecule has 0 radical (unpaired) electrons. The Morgan fingerprint density at radius 1 is 1.00 bits per heavy atom. The highest BCUT2D eigenvalue weighted by molar-refractivity contribution is 6.18. The van der Waals surface area contributed by atoms with Gasteiger partial charge in [-0.3, -0.25) is 0 Å². The summed E-state index contributed by atoms with van der Waals surface area (Å²) >= 11 is 11.8. The second-order valence-electron chi connectivity index (χ2n) is 7.30. The van der Waals surface area contributed by atoms with Gasteiger partial charge in [0.2, 0.25) is 0 Å². The summed E-state index contributed by atoms with van der Waals surface area (Å²) in [6.45, 7) is 6.32. The Kier molecular flexibility index (Phi) is 10.9. The molecular formula is C24H34Cl2N4. The van der Waals surface area contributed by atoms with Crippen LogP contribution in [0.1, 0.15) is 24.5 Å². The Balaban J connectivity index is 1.79. The van der Waals surface area contributed by atoms with Crippen LogP contribution in [0.5, 0.6) is 0 Å². The minimum absolute atomic E-state index is 0.561. The van der Waals surface area contributed by atoms with Gasteiger partial charge in [-0.2, -0.15) is 0 Å². The molecule has 0 aliphatic carbocycles. The van der Waals surface area contributed by atoms with Crippen molar-refractivity contribution in [2.45, 2.75) is 19.9 Å². The molecule has 164 valence electrons. The van der Waals surface area contributed by atoms with Crippen molar-refractivity contribution in [1.29, 1.82) is 0 Å². The van der Waals surface area contributed by atoms with E-state index in [9.17, 15) is 0 Å². The van der Waals surface area contributed by atoms with E-state index < -0.39 is 0 Å². The summed E-state index contributed by atoms with van der Waals surface area (Å²) in [7, 11) is 2.08. The van der Waals surface area contributed by atoms with E-state index in [1.54, 1.807) is 0 Å². The molecule has 0 aliphatic rings. The van der Waals surface area contributed by atoms with Crippen LogP contribution in [0.4, 0.5) is 17.1 Å². The van der Waals surface area contributed by atoms with Gasteiger partial charge in [-0.05, 0) is 49.2 Å². The molecule has 0 spiro atoms. The van der Waals surface area contributed by atoms with Gasteiger partial charge in [0.1, 0.15) is 0 Å². The first-order valence-corrected chi connectivity index (χ1v) is 11.6. The summed E-state index contributed by atoms with van der Waals surface area (Å²) in [5.74, 6) is 1.12. The van der Waals surface area contributed by atoms with Crippen molar-refractivity contribution in [3.8, 4) is 0 Å². The number of anilines is 3. The SMILES string of the molecule is C/C=C/c1ccc(CNCCCN(C)c2ccc(N(CCCl)CCCl)cc2N)cc1. The maximum absolute atomic E-state index is 6.34. The van der Waals surface area contributed by atoms with E-state index >= 15 is 0 Å². The van der Waals surface area contributed by atoms with Crippen LogP contribution in [-0.2, 0) is 6.54 Å². The van der Waals surface area contributed by atoms with Gasteiger partial charge in [-0.25, -0.2) is 0 Å². The standard InChI is InChI=1S/C24H34Cl2N4/c1-3-5-20-6-8-21(9-7-20)19-28-14-4-15-29(2)24-11-10-22(18-23(24)27)30(16-12-25)17-13-26/h3,5-11,18,28H,4,12-17,19,27H2,1-2H3/b5-3+. The van der Waals surface area contributed by atoms with Crippen LogP contribution in [0.25, 0.3) is 6.08 Å². The van der Waals surface area contributed by atoms with Gasteiger partial charge in [-0.1, -0.05) is 36.4 Å². The van der Waals surface area contributed by atoms with E-state index in [1.807, 2.05) is 13.0 Å². The lowest BCUT2D eigenvalue weighted by Crippen LogP contribution is -2.28. The number of nitrogen functional groups attached to an aromatic ring is 1. The molecule has 2 rings (SSSR count). The normalized spacial score (nSPS) is 11.2. The van der Waals surface area contributed by atoms with E-state index in [0.29, 0.717) is 11.8 Å². The number of benzene rings is 2. The fraction of sp³-hybridized carbons (Fsp3) is 0.417. The fourth-order valence-corrected chi connectivity index (χ4v) is 3.80. The van der Waals surface area contributed by atoms with Gasteiger partial charge >= 0.3 is 0 Å². The molecule has 2 aromatic carbocycles. The zero-order valence-electron chi connectivity index (χ0n) is 18.1. The molecule has 0 aliphatic heterocycles. The average molecular weight is 449 g/mol. The molecule has 0 aromatic heterocycles. The molecule has 6 heteroatoms. The topological polar surface area (TPSA) is 44.5 Å². The molecule has 0 saturated heterocycles. The van der Waals surface area contributed by atoms with Gasteiger partial charge in [0, 0.05) is 50.7 Å². The lowest BCUT2D eigenvalue weighted by Gasteiger charge is -2.26. The maximum atomic E-state index is 6.34. The lowest BCUT2D eigenvalue weighted by molar-refractivity contribution is 0.646. The van der Waals surface area contributed by atoms with E-state index in [4.69, 9.17) is 28.9 Å². The Hall–Kier alpha value is -1.88. The Labute approximate surface area is 191 Å². The second-order valence-corrected chi connectivity index (χ2v) is 8.06. The number of nitrogens with one attached hydrogen (secondary N) is 1. The van der Waals surface area contributed by atoms with Crippen molar-refractivity contribution in [2.24, 2.45) is 0 Å². The molecule has 0 bridgehead atoms. The summed E-state index contributed by atoms with van der Waals surface area (Å²) in [6.07, 6.45) is 5.21. The molecule has 3 N–H and O–H groups in total. The third kappa shape index (κ3) is 7.75. The quantitative estimate of drug-likeness (QED) is 0.251. The van der Waals surface area contributed by atoms with Crippen LogP contribution in [0.15, 0.2) is 48.5 Å². The van der Waals surface area contributed by atoms with Crippen molar-refractivity contribution >= 4 is 46.3 Å². The van der Waals surface area contributed by atoms with Crippen LogP contribution >= 0.6 is 23.2 Å². The number of hydrogen-bond acceptors (Lipinski definition) is 4. The monoisotopic (exact) mass is 448 g/mol. The number of nitrogens with two attached hydrogens (primary N) is 1. The number of alkyl halides is 2. The Bertz CT molecular complexity index is 771. The zero-order valence-corrected chi connectivity index (χ0v) is 19.6. The van der Waals surface area contributed by atoms with E-state index in [0.717, 1.165) is 56.2 Å². The first-order chi connectivity index (χ1) is 14.6. The zero-order chi connectivity index (χ0) is 21.8. The highest BCUT2D eigenvalue weighted by atomic mass is 35.5. The minimum atomic E-state index is 0.561. The third-order valence-electron chi connectivity index (χ3n) is 5.01. The Morgan fingerprint density at radius 2 is 1.70 bits per heavy atom. The summed E-state index contributed by atoms with van der Waals surface area (Å²) in [5.41, 5.74) is 11.8. The number of hydrogen-bond donors (Lipinski definition) is 2. The highest BCUT2D eigenvalue weighted by Gasteiger charge is 2.10. The van der Waals surface area contributed by atoms with Crippen LogP contribution in [-0.4, -0.2) is 45.0 Å². The fourth-order valence-electron chi connectivity index (χ4n) is 3.39. The molecule has 4 nitrogen and oxygen atoms in total. The average Bonchev–Trinajstić information content (AvgIpc) is 2.74. The molecule has 0 amide bonds. The van der Waals surface area contributed by atoms with Gasteiger partial charge in [0.05, 0.1) is 11.4 Å². The van der Waals surface area contributed by atoms with Gasteiger partial charge in [-0.15, -0.1) is 23.2 Å². The number of halogens is 2. The summed E-state index contributed by atoms with van der Waals surface area (Å²) in [5, 5.41) is 3.52. The smallest absolute Gasteiger partial charge is 0.0598 e. The molecule has 0 unspecified atom stereocenters. The van der Waals surface area contributed by atoms with E-state index in [2.05, 4.69) is 70.7 Å². The predicted octanol–water partition coefficient (Wildman–Crippen LogP) is 5.20. The minimum Gasteiger partial charge on any atom is -0.397 e. The molecular weight excluding hydrogens is 415 g/mol. The molecule has 0 atom stereocenters. The second kappa shape index (κ2) is 13.4. The summed E-state index contributed by atoms with van der Waals surface area (Å²) in [4.78, 5) is 4.37. The van der Waals surface area contributed by atoms with Gasteiger partial charge < -0.3 is 20.9 Å².